The summed E-state index contributed by atoms with van der Waals surface area (Å²) in [7, 11) is 0. The number of nitrogen functional groups attached to an aromatic ring is 1. The molecule has 6 nitrogen and oxygen atoms in total. The molecule has 0 spiro atoms. The van der Waals surface area contributed by atoms with Gasteiger partial charge in [0.05, 0.1) is 5.69 Å². The van der Waals surface area contributed by atoms with Crippen LogP contribution in [0.4, 0.5) is 11.6 Å². The Hall–Kier alpha value is -1.63. The van der Waals surface area contributed by atoms with E-state index in [-0.39, 0.29) is 0 Å². The minimum absolute atomic E-state index is 0.424. The van der Waals surface area contributed by atoms with Crippen LogP contribution in [0.5, 0.6) is 0 Å². The van der Waals surface area contributed by atoms with E-state index in [1.807, 2.05) is 19.9 Å². The zero-order valence-electron chi connectivity index (χ0n) is 12.2. The molecule has 2 aromatic heterocycles. The molecule has 21 heavy (non-hydrogen) atoms. The van der Waals surface area contributed by atoms with Gasteiger partial charge in [0.1, 0.15) is 16.1 Å². The van der Waals surface area contributed by atoms with Gasteiger partial charge in [-0.25, -0.2) is 4.68 Å². The Morgan fingerprint density at radius 2 is 2.00 bits per heavy atom. The first kappa shape index (κ1) is 14.3. The van der Waals surface area contributed by atoms with Crippen molar-refractivity contribution >= 4 is 27.6 Å². The molecule has 0 saturated heterocycles. The Morgan fingerprint density at radius 3 is 2.62 bits per heavy atom. The van der Waals surface area contributed by atoms with E-state index in [1.54, 1.807) is 4.68 Å². The highest BCUT2D eigenvalue weighted by Crippen LogP contribution is 2.30. The fourth-order valence-electron chi connectivity index (χ4n) is 2.74. The molecule has 0 unspecified atom stereocenters. The van der Waals surface area contributed by atoms with Gasteiger partial charge in [-0.3, -0.25) is 0 Å². The van der Waals surface area contributed by atoms with Gasteiger partial charge >= 0.3 is 0 Å². The molecule has 0 bridgehead atoms. The molecule has 0 aliphatic heterocycles. The number of nitrogens with zero attached hydrogens (tertiary/aromatic N) is 4. The highest BCUT2D eigenvalue weighted by Gasteiger charge is 2.19. The largest absolute Gasteiger partial charge is 0.383 e. The molecule has 2 heterocycles. The lowest BCUT2D eigenvalue weighted by Crippen LogP contribution is -2.18. The molecule has 0 radical (unpaired) electrons. The van der Waals surface area contributed by atoms with Crippen LogP contribution in [0.2, 0.25) is 0 Å². The van der Waals surface area contributed by atoms with Gasteiger partial charge < -0.3 is 11.1 Å². The predicted octanol–water partition coefficient (Wildman–Crippen LogP) is 2.98. The summed E-state index contributed by atoms with van der Waals surface area (Å²) < 4.78 is 2.44. The van der Waals surface area contributed by atoms with Crippen molar-refractivity contribution in [2.45, 2.75) is 45.6 Å². The molecule has 112 valence electrons. The van der Waals surface area contributed by atoms with E-state index in [2.05, 4.69) is 36.3 Å². The molecular formula is C14H19BrN6. The van der Waals surface area contributed by atoms with Gasteiger partial charge in [-0.15, -0.1) is 0 Å². The van der Waals surface area contributed by atoms with E-state index in [9.17, 15) is 0 Å². The van der Waals surface area contributed by atoms with E-state index >= 15 is 0 Å². The van der Waals surface area contributed by atoms with Crippen molar-refractivity contribution in [3.05, 3.63) is 21.9 Å². The first-order chi connectivity index (χ1) is 10.0. The number of anilines is 2. The molecule has 1 aliphatic carbocycles. The van der Waals surface area contributed by atoms with Crippen LogP contribution in [0.25, 0.3) is 5.95 Å². The highest BCUT2D eigenvalue weighted by molar-refractivity contribution is 9.10. The second-order valence-electron chi connectivity index (χ2n) is 5.54. The minimum atomic E-state index is 0.424. The summed E-state index contributed by atoms with van der Waals surface area (Å²) in [5.74, 6) is 1.67. The molecule has 1 fully saturated rings. The topological polar surface area (TPSA) is 81.7 Å². The summed E-state index contributed by atoms with van der Waals surface area (Å²) in [6, 6.07) is 2.45. The van der Waals surface area contributed by atoms with Gasteiger partial charge in [0, 0.05) is 11.7 Å². The lowest BCUT2D eigenvalue weighted by atomic mass is 10.2. The van der Waals surface area contributed by atoms with Crippen molar-refractivity contribution in [3.8, 4) is 5.95 Å². The van der Waals surface area contributed by atoms with Crippen molar-refractivity contribution in [3.63, 3.8) is 0 Å². The summed E-state index contributed by atoms with van der Waals surface area (Å²) in [4.78, 5) is 8.92. The van der Waals surface area contributed by atoms with E-state index < -0.39 is 0 Å². The van der Waals surface area contributed by atoms with Crippen molar-refractivity contribution in [2.75, 3.05) is 11.1 Å². The number of hydrogen-bond acceptors (Lipinski definition) is 5. The van der Waals surface area contributed by atoms with Gasteiger partial charge in [-0.05, 0) is 48.7 Å². The second kappa shape index (κ2) is 5.63. The van der Waals surface area contributed by atoms with Crippen molar-refractivity contribution in [2.24, 2.45) is 0 Å². The van der Waals surface area contributed by atoms with E-state index in [0.717, 1.165) is 21.7 Å². The van der Waals surface area contributed by atoms with Crippen LogP contribution in [0, 0.1) is 13.8 Å². The summed E-state index contributed by atoms with van der Waals surface area (Å²) in [5, 5.41) is 7.88. The smallest absolute Gasteiger partial charge is 0.254 e. The molecule has 1 aliphatic rings. The first-order valence-corrected chi connectivity index (χ1v) is 7.97. The third-order valence-corrected chi connectivity index (χ3v) is 4.54. The maximum absolute atomic E-state index is 6.01. The average molecular weight is 351 g/mol. The monoisotopic (exact) mass is 350 g/mol. The van der Waals surface area contributed by atoms with Crippen LogP contribution in [-0.2, 0) is 0 Å². The van der Waals surface area contributed by atoms with Crippen LogP contribution < -0.4 is 11.1 Å². The average Bonchev–Trinajstić information content (AvgIpc) is 3.04. The number of hydrogen-bond donors (Lipinski definition) is 2. The van der Waals surface area contributed by atoms with Crippen LogP contribution in [0.1, 0.15) is 37.1 Å². The van der Waals surface area contributed by atoms with Crippen molar-refractivity contribution in [1.82, 2.24) is 19.7 Å². The van der Waals surface area contributed by atoms with E-state index in [0.29, 0.717) is 17.8 Å². The molecule has 2 aromatic rings. The van der Waals surface area contributed by atoms with E-state index in [1.165, 1.54) is 25.7 Å². The number of aromatic nitrogens is 4. The first-order valence-electron chi connectivity index (χ1n) is 7.18. The standard InChI is InChI=1S/C14H19BrN6/c1-8-7-9(2)21(20-8)14-18-12(16)11(15)13(19-14)17-10-5-3-4-6-10/h7,10H,3-6H2,1-2H3,(H3,16,17,18,19). The molecule has 3 rings (SSSR count). The molecular weight excluding hydrogens is 332 g/mol. The Morgan fingerprint density at radius 1 is 1.29 bits per heavy atom. The number of halogens is 1. The lowest BCUT2D eigenvalue weighted by Gasteiger charge is -2.16. The van der Waals surface area contributed by atoms with Crippen LogP contribution in [0.3, 0.4) is 0 Å². The van der Waals surface area contributed by atoms with Crippen molar-refractivity contribution < 1.29 is 0 Å². The van der Waals surface area contributed by atoms with Gasteiger partial charge in [-0.2, -0.15) is 15.1 Å². The summed E-state index contributed by atoms with van der Waals surface area (Å²) in [6.45, 7) is 3.93. The SMILES string of the molecule is Cc1cc(C)n(-c2nc(N)c(Br)c(NC3CCCC3)n2)n1. The second-order valence-corrected chi connectivity index (χ2v) is 6.33. The molecule has 0 amide bonds. The molecule has 3 N–H and O–H groups in total. The summed E-state index contributed by atoms with van der Waals surface area (Å²) in [5.41, 5.74) is 7.93. The molecule has 0 atom stereocenters. The zero-order valence-corrected chi connectivity index (χ0v) is 13.8. The number of nitrogens with two attached hydrogens (primary N) is 1. The minimum Gasteiger partial charge on any atom is -0.383 e. The number of aryl methyl sites for hydroxylation is 2. The predicted molar refractivity (Wildman–Crippen MR) is 86.6 cm³/mol. The maximum Gasteiger partial charge on any atom is 0.254 e. The number of nitrogens with one attached hydrogen (secondary N) is 1. The normalized spacial score (nSPS) is 15.6. The van der Waals surface area contributed by atoms with Crippen LogP contribution >= 0.6 is 15.9 Å². The Labute approximate surface area is 132 Å². The molecule has 0 aromatic carbocycles. The Kier molecular flexibility index (Phi) is 3.84. The van der Waals surface area contributed by atoms with Crippen LogP contribution in [-0.4, -0.2) is 25.8 Å². The fraction of sp³-hybridized carbons (Fsp3) is 0.500. The van der Waals surface area contributed by atoms with Gasteiger partial charge in [0.2, 0.25) is 0 Å². The molecule has 7 heteroatoms. The lowest BCUT2D eigenvalue weighted by molar-refractivity contribution is 0.738. The summed E-state index contributed by atoms with van der Waals surface area (Å²) in [6.07, 6.45) is 4.87. The van der Waals surface area contributed by atoms with E-state index in [4.69, 9.17) is 5.73 Å². The third kappa shape index (κ3) is 2.88. The fourth-order valence-corrected chi connectivity index (χ4v) is 3.03. The quantitative estimate of drug-likeness (QED) is 0.889. The maximum atomic E-state index is 6.01. The van der Waals surface area contributed by atoms with Gasteiger partial charge in [0.25, 0.3) is 5.95 Å². The third-order valence-electron chi connectivity index (χ3n) is 3.76. The zero-order chi connectivity index (χ0) is 15.0. The number of rotatable bonds is 3. The summed E-state index contributed by atoms with van der Waals surface area (Å²) >= 11 is 3.48. The Bertz CT molecular complexity index is 660. The van der Waals surface area contributed by atoms with Crippen molar-refractivity contribution in [1.29, 1.82) is 0 Å². The molecule has 1 saturated carbocycles. The van der Waals surface area contributed by atoms with Gasteiger partial charge in [-0.1, -0.05) is 12.8 Å². The van der Waals surface area contributed by atoms with Gasteiger partial charge in [0.15, 0.2) is 0 Å². The van der Waals surface area contributed by atoms with Crippen LogP contribution in [0.15, 0.2) is 10.5 Å². The Balaban J connectivity index is 1.98. The highest BCUT2D eigenvalue weighted by atomic mass is 79.9.